The van der Waals surface area contributed by atoms with E-state index in [-0.39, 0.29) is 0 Å². The fraction of sp³-hybridized carbons (Fsp3) is 0. The molecule has 56 heavy (non-hydrogen) atoms. The van der Waals surface area contributed by atoms with Gasteiger partial charge in [0.1, 0.15) is 0 Å². The monoisotopic (exact) mass is 727 g/mol. The molecule has 0 amide bonds. The van der Waals surface area contributed by atoms with Crippen molar-refractivity contribution in [3.63, 3.8) is 0 Å². The van der Waals surface area contributed by atoms with Gasteiger partial charge in [0.2, 0.25) is 0 Å². The van der Waals surface area contributed by atoms with Gasteiger partial charge in [-0.05, 0) is 104 Å². The van der Waals surface area contributed by atoms with Crippen LogP contribution in [0.4, 0.5) is 0 Å². The van der Waals surface area contributed by atoms with E-state index in [1.165, 1.54) is 79.6 Å². The molecule has 13 aromatic rings. The van der Waals surface area contributed by atoms with Crippen molar-refractivity contribution in [2.75, 3.05) is 0 Å². The maximum Gasteiger partial charge on any atom is 0.0978 e. The topological polar surface area (TPSA) is 30.7 Å². The van der Waals surface area contributed by atoms with Gasteiger partial charge in [-0.25, -0.2) is 4.98 Å². The summed E-state index contributed by atoms with van der Waals surface area (Å²) in [6.07, 6.45) is 1.87. The molecule has 13 rings (SSSR count). The number of fused-ring (bicyclic) bond motifs is 18. The number of benzene rings is 9. The largest absolute Gasteiger partial charge is 0.309 e. The Bertz CT molecular complexity index is 3800. The average Bonchev–Trinajstić information content (AvgIpc) is 3.80. The molecule has 4 heterocycles. The summed E-state index contributed by atoms with van der Waals surface area (Å²) in [5.74, 6) is 0. The minimum atomic E-state index is 0.928. The van der Waals surface area contributed by atoms with Gasteiger partial charge >= 0.3 is 0 Å². The molecule has 0 bridgehead atoms. The van der Waals surface area contributed by atoms with E-state index < -0.39 is 0 Å². The molecule has 0 aliphatic heterocycles. The summed E-state index contributed by atoms with van der Waals surface area (Å²) in [6.45, 7) is 0. The van der Waals surface area contributed by atoms with Crippen molar-refractivity contribution in [1.82, 2.24) is 14.5 Å². The third-order valence-electron chi connectivity index (χ3n) is 12.0. The van der Waals surface area contributed by atoms with Crippen molar-refractivity contribution in [1.29, 1.82) is 0 Å². The van der Waals surface area contributed by atoms with Crippen molar-refractivity contribution in [3.8, 4) is 16.9 Å². The van der Waals surface area contributed by atoms with Gasteiger partial charge in [0.25, 0.3) is 0 Å². The van der Waals surface area contributed by atoms with Crippen LogP contribution in [0.15, 0.2) is 176 Å². The van der Waals surface area contributed by atoms with Gasteiger partial charge in [0.15, 0.2) is 0 Å². The molecule has 0 fully saturated rings. The first-order valence-corrected chi connectivity index (χ1v) is 19.9. The van der Waals surface area contributed by atoms with Crippen molar-refractivity contribution < 1.29 is 0 Å². The molecule has 258 valence electrons. The molecule has 0 radical (unpaired) electrons. The molecule has 0 N–H and O–H groups in total. The Morgan fingerprint density at radius 3 is 1.68 bits per heavy atom. The summed E-state index contributed by atoms with van der Waals surface area (Å²) >= 11 is 1.86. The normalized spacial score (nSPS) is 12.3. The maximum atomic E-state index is 5.40. The summed E-state index contributed by atoms with van der Waals surface area (Å²) in [5, 5.41) is 17.3. The molecule has 0 aliphatic rings. The molecule has 0 saturated heterocycles. The van der Waals surface area contributed by atoms with Gasteiger partial charge in [-0.3, -0.25) is 4.98 Å². The number of rotatable bonds is 2. The van der Waals surface area contributed by atoms with Gasteiger partial charge in [-0.15, -0.1) is 11.3 Å². The first-order chi connectivity index (χ1) is 27.8. The standard InChI is InChI=1S/C52H29N3S/c1-5-14-36-32(10-1)33-11-2-6-15-37(33)43-29-48-44(28-42(36)43)38-21-19-30(26-47(38)55(48)31-20-24-50-45(27-31)39-16-7-8-18-49(39)56-50)46-23-22-41-35-13-4-3-12-34(35)40-17-9-25-53-51(40)52(41)54-46/h1-29H. The SMILES string of the molecule is c1ccc2c(c1)sc1ccc(-n3c4cc(-c5ccc6c7ccccc7c7cccnc7c6n5)ccc4c4cc5c6ccccc6c6ccccc6c5cc43)cc12. The van der Waals surface area contributed by atoms with Crippen LogP contribution >= 0.6 is 11.3 Å². The van der Waals surface area contributed by atoms with Crippen LogP contribution in [-0.2, 0) is 0 Å². The summed E-state index contributed by atoms with van der Waals surface area (Å²) in [5.41, 5.74) is 7.36. The lowest BCUT2D eigenvalue weighted by Crippen LogP contribution is -1.95. The molecule has 4 heteroatoms. The van der Waals surface area contributed by atoms with E-state index in [0.29, 0.717) is 0 Å². The first-order valence-electron chi connectivity index (χ1n) is 19.1. The van der Waals surface area contributed by atoms with Gasteiger partial charge in [-0.1, -0.05) is 109 Å². The number of hydrogen-bond acceptors (Lipinski definition) is 3. The Morgan fingerprint density at radius 2 is 0.929 bits per heavy atom. The molecule has 3 nitrogen and oxygen atoms in total. The van der Waals surface area contributed by atoms with Crippen LogP contribution in [0.25, 0.3) is 124 Å². The molecule has 0 atom stereocenters. The highest BCUT2D eigenvalue weighted by Crippen LogP contribution is 2.43. The summed E-state index contributed by atoms with van der Waals surface area (Å²) < 4.78 is 5.09. The Morgan fingerprint density at radius 1 is 0.357 bits per heavy atom. The molecule has 0 unspecified atom stereocenters. The van der Waals surface area contributed by atoms with Gasteiger partial charge < -0.3 is 4.57 Å². The van der Waals surface area contributed by atoms with E-state index in [9.17, 15) is 0 Å². The highest BCUT2D eigenvalue weighted by Gasteiger charge is 2.19. The Kier molecular flexibility index (Phi) is 6.04. The van der Waals surface area contributed by atoms with Crippen LogP contribution in [0, 0.1) is 0 Å². The number of thiophene rings is 1. The number of pyridine rings is 2. The van der Waals surface area contributed by atoms with Crippen LogP contribution < -0.4 is 0 Å². The summed E-state index contributed by atoms with van der Waals surface area (Å²) in [4.78, 5) is 10.3. The fourth-order valence-corrected chi connectivity index (χ4v) is 10.6. The zero-order valence-electron chi connectivity index (χ0n) is 30.0. The van der Waals surface area contributed by atoms with E-state index in [4.69, 9.17) is 9.97 Å². The zero-order valence-corrected chi connectivity index (χ0v) is 30.8. The third-order valence-corrected chi connectivity index (χ3v) is 13.1. The quantitative estimate of drug-likeness (QED) is 0.166. The average molecular weight is 728 g/mol. The highest BCUT2D eigenvalue weighted by molar-refractivity contribution is 7.25. The van der Waals surface area contributed by atoms with Crippen molar-refractivity contribution in [2.24, 2.45) is 0 Å². The lowest BCUT2D eigenvalue weighted by Gasteiger charge is -2.13. The van der Waals surface area contributed by atoms with E-state index in [1.807, 2.05) is 23.6 Å². The Hall–Kier alpha value is -7.14. The van der Waals surface area contributed by atoms with E-state index in [1.54, 1.807) is 0 Å². The molecule has 4 aromatic heterocycles. The lowest BCUT2D eigenvalue weighted by molar-refractivity contribution is 1.19. The van der Waals surface area contributed by atoms with Gasteiger partial charge in [0, 0.05) is 59.2 Å². The van der Waals surface area contributed by atoms with Gasteiger partial charge in [0.05, 0.1) is 27.8 Å². The minimum absolute atomic E-state index is 0.928. The van der Waals surface area contributed by atoms with Crippen molar-refractivity contribution >= 4 is 118 Å². The molecule has 0 saturated carbocycles. The zero-order chi connectivity index (χ0) is 36.5. The van der Waals surface area contributed by atoms with E-state index in [0.717, 1.165) is 44.3 Å². The maximum absolute atomic E-state index is 5.40. The number of aromatic nitrogens is 3. The first kappa shape index (κ1) is 30.2. The smallest absolute Gasteiger partial charge is 0.0978 e. The molecule has 9 aromatic carbocycles. The second-order valence-electron chi connectivity index (χ2n) is 14.9. The van der Waals surface area contributed by atoms with Crippen molar-refractivity contribution in [2.45, 2.75) is 0 Å². The highest BCUT2D eigenvalue weighted by atomic mass is 32.1. The van der Waals surface area contributed by atoms with E-state index >= 15 is 0 Å². The van der Waals surface area contributed by atoms with E-state index in [2.05, 4.69) is 168 Å². The molecular weight excluding hydrogens is 699 g/mol. The fourth-order valence-electron chi connectivity index (χ4n) is 9.49. The van der Waals surface area contributed by atoms with Crippen LogP contribution in [0.2, 0.25) is 0 Å². The van der Waals surface area contributed by atoms with Crippen LogP contribution in [0.5, 0.6) is 0 Å². The number of nitrogens with zero attached hydrogens (tertiary/aromatic N) is 3. The predicted molar refractivity (Wildman–Crippen MR) is 240 cm³/mol. The third kappa shape index (κ3) is 4.11. The van der Waals surface area contributed by atoms with Crippen molar-refractivity contribution in [3.05, 3.63) is 176 Å². The Balaban J connectivity index is 1.14. The number of hydrogen-bond donors (Lipinski definition) is 0. The Labute approximate surface area is 324 Å². The lowest BCUT2D eigenvalue weighted by atomic mass is 9.93. The van der Waals surface area contributed by atoms with Crippen LogP contribution in [-0.4, -0.2) is 14.5 Å². The predicted octanol–water partition coefficient (Wildman–Crippen LogP) is 14.5. The minimum Gasteiger partial charge on any atom is -0.309 e. The summed E-state index contributed by atoms with van der Waals surface area (Å²) in [6, 6.07) is 62.4. The second kappa shape index (κ2) is 11.2. The van der Waals surface area contributed by atoms with Crippen LogP contribution in [0.1, 0.15) is 0 Å². The summed E-state index contributed by atoms with van der Waals surface area (Å²) in [7, 11) is 0. The molecule has 0 spiro atoms. The molecule has 0 aliphatic carbocycles. The van der Waals surface area contributed by atoms with Crippen LogP contribution in [0.3, 0.4) is 0 Å². The second-order valence-corrected chi connectivity index (χ2v) is 16.0. The molecular formula is C52H29N3S. The van der Waals surface area contributed by atoms with Gasteiger partial charge in [-0.2, -0.15) is 0 Å².